The van der Waals surface area contributed by atoms with E-state index in [9.17, 15) is 19.5 Å². The van der Waals surface area contributed by atoms with E-state index in [-0.39, 0.29) is 12.2 Å². The summed E-state index contributed by atoms with van der Waals surface area (Å²) in [7, 11) is 0. The monoisotopic (exact) mass is 463 g/mol. The van der Waals surface area contributed by atoms with Gasteiger partial charge in [0.25, 0.3) is 5.91 Å². The number of fused-ring (bicyclic) bond motifs is 3. The lowest BCUT2D eigenvalue weighted by molar-refractivity contribution is -0.139. The Morgan fingerprint density at radius 3 is 2.09 bits per heavy atom. The zero-order chi connectivity index (χ0) is 24.4. The van der Waals surface area contributed by atoms with Gasteiger partial charge in [-0.3, -0.25) is 9.59 Å². The van der Waals surface area contributed by atoms with E-state index in [1.54, 1.807) is 42.5 Å². The Morgan fingerprint density at radius 1 is 0.714 bits per heavy atom. The van der Waals surface area contributed by atoms with Crippen LogP contribution >= 0.6 is 0 Å². The van der Waals surface area contributed by atoms with E-state index >= 15 is 0 Å². The normalized spacial score (nSPS) is 11.9. The van der Waals surface area contributed by atoms with Crippen molar-refractivity contribution >= 4 is 39.6 Å². The number of carbonyl (C=O) groups is 3. The molecule has 1 heterocycles. The minimum absolute atomic E-state index is 0.315. The van der Waals surface area contributed by atoms with Crippen LogP contribution in [-0.4, -0.2) is 28.8 Å². The van der Waals surface area contributed by atoms with Crippen LogP contribution in [-0.2, 0) is 4.79 Å². The second kappa shape index (κ2) is 9.27. The highest BCUT2D eigenvalue weighted by atomic mass is 16.4. The van der Waals surface area contributed by atoms with Crippen molar-refractivity contribution in [2.45, 2.75) is 12.5 Å². The number of benzene rings is 4. The molecule has 0 unspecified atom stereocenters. The number of aliphatic carboxylic acids is 1. The minimum atomic E-state index is -1.36. The minimum Gasteiger partial charge on any atom is -0.480 e. The molecule has 5 aromatic rings. The van der Waals surface area contributed by atoms with Crippen molar-refractivity contribution in [3.63, 3.8) is 0 Å². The quantitative estimate of drug-likeness (QED) is 0.302. The standard InChI is InChI=1S/C29H21NO5/c31-25(21-14-15-27-23(16-21)22-8-4-5-9-26(22)35-27)17-24(29(33)34)30-28(32)20-12-10-19(11-13-20)18-6-2-1-3-7-18/h1-16,24H,17H2,(H,30,32)(H,33,34)/t24-/m0/s1. The van der Waals surface area contributed by atoms with Gasteiger partial charge in [0.2, 0.25) is 0 Å². The average Bonchev–Trinajstić information content (AvgIpc) is 3.26. The van der Waals surface area contributed by atoms with Crippen molar-refractivity contribution < 1.29 is 23.9 Å². The van der Waals surface area contributed by atoms with Crippen LogP contribution in [0.3, 0.4) is 0 Å². The molecule has 0 aliphatic carbocycles. The molecule has 4 aromatic carbocycles. The fraction of sp³-hybridized carbons (Fsp3) is 0.0690. The Balaban J connectivity index is 1.32. The Labute approximate surface area is 200 Å². The Kier molecular flexibility index (Phi) is 5.85. The van der Waals surface area contributed by atoms with E-state index in [4.69, 9.17) is 4.42 Å². The van der Waals surface area contributed by atoms with Gasteiger partial charge in [-0.1, -0.05) is 60.7 Å². The molecule has 6 nitrogen and oxygen atoms in total. The number of hydrogen-bond donors (Lipinski definition) is 2. The maximum absolute atomic E-state index is 12.9. The highest BCUT2D eigenvalue weighted by Gasteiger charge is 2.25. The SMILES string of the molecule is O=C(C[C@H](NC(=O)c1ccc(-c2ccccc2)cc1)C(=O)O)c1ccc2oc3ccccc3c2c1. The molecule has 0 aliphatic heterocycles. The first kappa shape index (κ1) is 22.1. The third-order valence-electron chi connectivity index (χ3n) is 5.95. The second-order valence-corrected chi connectivity index (χ2v) is 8.24. The number of furan rings is 1. The summed E-state index contributed by atoms with van der Waals surface area (Å²) in [6.45, 7) is 0. The Hall–Kier alpha value is -4.71. The molecular weight excluding hydrogens is 442 g/mol. The summed E-state index contributed by atoms with van der Waals surface area (Å²) in [6, 6.07) is 27.7. The molecule has 0 fully saturated rings. The number of carboxylic acid groups (broad SMARTS) is 1. The van der Waals surface area contributed by atoms with Gasteiger partial charge in [-0.05, 0) is 47.5 Å². The van der Waals surface area contributed by atoms with Crippen molar-refractivity contribution in [2.24, 2.45) is 0 Å². The number of carbonyl (C=O) groups excluding carboxylic acids is 2. The van der Waals surface area contributed by atoms with Gasteiger partial charge in [-0.2, -0.15) is 0 Å². The van der Waals surface area contributed by atoms with Crippen LogP contribution in [0, 0.1) is 0 Å². The molecule has 1 atom stereocenters. The summed E-state index contributed by atoms with van der Waals surface area (Å²) in [5, 5.41) is 13.8. The first-order valence-electron chi connectivity index (χ1n) is 11.1. The number of rotatable bonds is 7. The molecule has 0 saturated heterocycles. The molecule has 1 aromatic heterocycles. The zero-order valence-electron chi connectivity index (χ0n) is 18.6. The van der Waals surface area contributed by atoms with E-state index < -0.39 is 17.9 Å². The average molecular weight is 463 g/mol. The fourth-order valence-electron chi connectivity index (χ4n) is 4.09. The Morgan fingerprint density at radius 2 is 1.34 bits per heavy atom. The van der Waals surface area contributed by atoms with Crippen LogP contribution in [0.15, 0.2) is 101 Å². The molecule has 6 heteroatoms. The number of Topliss-reactive ketones (excluding diaryl/α,β-unsaturated/α-hetero) is 1. The second-order valence-electron chi connectivity index (χ2n) is 8.24. The topological polar surface area (TPSA) is 96.6 Å². The maximum Gasteiger partial charge on any atom is 0.326 e. The smallest absolute Gasteiger partial charge is 0.326 e. The van der Waals surface area contributed by atoms with Crippen LogP contribution < -0.4 is 5.32 Å². The van der Waals surface area contributed by atoms with E-state index in [1.165, 1.54) is 0 Å². The third-order valence-corrected chi connectivity index (χ3v) is 5.95. The molecule has 0 aliphatic rings. The van der Waals surface area contributed by atoms with Crippen molar-refractivity contribution in [1.29, 1.82) is 0 Å². The van der Waals surface area contributed by atoms with Gasteiger partial charge in [0, 0.05) is 28.3 Å². The molecule has 0 bridgehead atoms. The van der Waals surface area contributed by atoms with Crippen LogP contribution in [0.5, 0.6) is 0 Å². The van der Waals surface area contributed by atoms with Crippen molar-refractivity contribution in [1.82, 2.24) is 5.32 Å². The number of amides is 1. The predicted molar refractivity (Wildman–Crippen MR) is 133 cm³/mol. The molecule has 0 spiro atoms. The summed E-state index contributed by atoms with van der Waals surface area (Å²) in [5.74, 6) is -2.21. The summed E-state index contributed by atoms with van der Waals surface area (Å²) in [6.07, 6.45) is -0.371. The van der Waals surface area contributed by atoms with Gasteiger partial charge >= 0.3 is 5.97 Å². The predicted octanol–water partition coefficient (Wildman–Crippen LogP) is 5.71. The van der Waals surface area contributed by atoms with Crippen LogP contribution in [0.4, 0.5) is 0 Å². The van der Waals surface area contributed by atoms with Crippen LogP contribution in [0.2, 0.25) is 0 Å². The molecule has 0 saturated carbocycles. The number of hydrogen-bond acceptors (Lipinski definition) is 4. The van der Waals surface area contributed by atoms with Crippen LogP contribution in [0.25, 0.3) is 33.1 Å². The van der Waals surface area contributed by atoms with E-state index in [0.717, 1.165) is 21.9 Å². The highest BCUT2D eigenvalue weighted by molar-refractivity contribution is 6.09. The molecule has 1 amide bonds. The summed E-state index contributed by atoms with van der Waals surface area (Å²) < 4.78 is 5.78. The lowest BCUT2D eigenvalue weighted by Gasteiger charge is -2.14. The van der Waals surface area contributed by atoms with Gasteiger partial charge in [0.15, 0.2) is 5.78 Å². The largest absolute Gasteiger partial charge is 0.480 e. The zero-order valence-corrected chi connectivity index (χ0v) is 18.6. The molecule has 172 valence electrons. The lowest BCUT2D eigenvalue weighted by Crippen LogP contribution is -2.42. The third kappa shape index (κ3) is 4.54. The fourth-order valence-corrected chi connectivity index (χ4v) is 4.09. The number of nitrogens with one attached hydrogen (secondary N) is 1. The lowest BCUT2D eigenvalue weighted by atomic mass is 10.0. The molecule has 0 radical (unpaired) electrons. The van der Waals surface area contributed by atoms with Gasteiger partial charge in [0.1, 0.15) is 17.2 Å². The van der Waals surface area contributed by atoms with Gasteiger partial charge in [0.05, 0.1) is 0 Å². The maximum atomic E-state index is 12.9. The number of carboxylic acids is 1. The van der Waals surface area contributed by atoms with E-state index in [2.05, 4.69) is 5.32 Å². The number of para-hydroxylation sites is 1. The van der Waals surface area contributed by atoms with Crippen molar-refractivity contribution in [3.8, 4) is 11.1 Å². The summed E-state index contributed by atoms with van der Waals surface area (Å²) in [5.41, 5.74) is 3.97. The number of ketones is 1. The van der Waals surface area contributed by atoms with Crippen LogP contribution in [0.1, 0.15) is 27.1 Å². The first-order valence-corrected chi connectivity index (χ1v) is 11.1. The van der Waals surface area contributed by atoms with Gasteiger partial charge in [-0.25, -0.2) is 4.79 Å². The molecule has 2 N–H and O–H groups in total. The summed E-state index contributed by atoms with van der Waals surface area (Å²) >= 11 is 0. The van der Waals surface area contributed by atoms with Gasteiger partial charge in [-0.15, -0.1) is 0 Å². The van der Waals surface area contributed by atoms with E-state index in [1.807, 2.05) is 54.6 Å². The molecule has 35 heavy (non-hydrogen) atoms. The highest BCUT2D eigenvalue weighted by Crippen LogP contribution is 2.29. The molecule has 5 rings (SSSR count). The van der Waals surface area contributed by atoms with Gasteiger partial charge < -0.3 is 14.8 Å². The molecular formula is C29H21NO5. The van der Waals surface area contributed by atoms with E-state index in [0.29, 0.717) is 22.3 Å². The van der Waals surface area contributed by atoms with Crippen molar-refractivity contribution in [2.75, 3.05) is 0 Å². The first-order chi connectivity index (χ1) is 17.0. The Bertz CT molecular complexity index is 1550. The van der Waals surface area contributed by atoms with Crippen molar-refractivity contribution in [3.05, 3.63) is 108 Å². The summed E-state index contributed by atoms with van der Waals surface area (Å²) in [4.78, 5) is 37.5.